The lowest BCUT2D eigenvalue weighted by Gasteiger charge is -2.17. The van der Waals surface area contributed by atoms with Crippen LogP contribution in [0.5, 0.6) is 0 Å². The maximum atomic E-state index is 11.6. The molecule has 0 aliphatic heterocycles. The highest BCUT2D eigenvalue weighted by Crippen LogP contribution is 1.93. The van der Waals surface area contributed by atoms with Gasteiger partial charge < -0.3 is 15.5 Å². The van der Waals surface area contributed by atoms with Crippen LogP contribution in [0.1, 0.15) is 26.7 Å². The third kappa shape index (κ3) is 8.78. The van der Waals surface area contributed by atoms with E-state index in [1.54, 1.807) is 0 Å². The van der Waals surface area contributed by atoms with Crippen LogP contribution in [-0.4, -0.2) is 49.4 Å². The number of rotatable bonds is 11. The van der Waals surface area contributed by atoms with Crippen molar-refractivity contribution in [3.8, 4) is 6.07 Å². The molecule has 0 aromatic rings. The molecule has 114 valence electrons. The van der Waals surface area contributed by atoms with E-state index in [-0.39, 0.29) is 11.5 Å². The highest BCUT2D eigenvalue weighted by molar-refractivity contribution is 6.17. The van der Waals surface area contributed by atoms with E-state index in [2.05, 4.69) is 29.4 Å². The zero-order valence-electron chi connectivity index (χ0n) is 12.4. The first-order valence-corrected chi connectivity index (χ1v) is 7.63. The number of nitrogens with zero attached hydrogens (tertiary/aromatic N) is 2. The van der Waals surface area contributed by atoms with Crippen molar-refractivity contribution in [3.05, 3.63) is 11.8 Å². The van der Waals surface area contributed by atoms with Crippen molar-refractivity contribution in [2.75, 3.05) is 38.6 Å². The van der Waals surface area contributed by atoms with Crippen LogP contribution in [0.25, 0.3) is 0 Å². The normalized spacial score (nSPS) is 11.2. The van der Waals surface area contributed by atoms with Gasteiger partial charge in [0, 0.05) is 25.2 Å². The molecule has 1 amide bonds. The quantitative estimate of drug-likeness (QED) is 0.262. The van der Waals surface area contributed by atoms with Gasteiger partial charge in [0.1, 0.15) is 11.6 Å². The number of carbonyl (C=O) groups excluding carboxylic acids is 1. The molecule has 0 aromatic heterocycles. The number of carbonyl (C=O) groups is 1. The molecule has 0 rings (SSSR count). The third-order valence-corrected chi connectivity index (χ3v) is 3.16. The zero-order valence-corrected chi connectivity index (χ0v) is 13.2. The number of nitrogens with one attached hydrogen (secondary N) is 2. The van der Waals surface area contributed by atoms with Gasteiger partial charge in [0.05, 0.1) is 0 Å². The fourth-order valence-corrected chi connectivity index (χ4v) is 1.76. The van der Waals surface area contributed by atoms with Crippen LogP contribution in [0.2, 0.25) is 0 Å². The van der Waals surface area contributed by atoms with Crippen molar-refractivity contribution >= 4 is 17.5 Å². The summed E-state index contributed by atoms with van der Waals surface area (Å²) >= 11 is 5.52. The van der Waals surface area contributed by atoms with Crippen molar-refractivity contribution in [1.29, 1.82) is 5.26 Å². The van der Waals surface area contributed by atoms with Gasteiger partial charge in [0.25, 0.3) is 5.91 Å². The van der Waals surface area contributed by atoms with E-state index in [9.17, 15) is 4.79 Å². The summed E-state index contributed by atoms with van der Waals surface area (Å²) in [5, 5.41) is 14.6. The summed E-state index contributed by atoms with van der Waals surface area (Å²) in [6.45, 7) is 8.60. The Morgan fingerprint density at radius 3 is 2.55 bits per heavy atom. The minimum atomic E-state index is -0.353. The molecule has 0 spiro atoms. The lowest BCUT2D eigenvalue weighted by molar-refractivity contribution is -0.117. The summed E-state index contributed by atoms with van der Waals surface area (Å²) in [4.78, 5) is 13.9. The molecule has 0 unspecified atom stereocenters. The van der Waals surface area contributed by atoms with Gasteiger partial charge in [-0.05, 0) is 32.5 Å². The van der Waals surface area contributed by atoms with Crippen LogP contribution in [-0.2, 0) is 4.79 Å². The number of nitriles is 1. The van der Waals surface area contributed by atoms with Crippen molar-refractivity contribution in [2.45, 2.75) is 26.7 Å². The Bertz CT molecular complexity index is 335. The van der Waals surface area contributed by atoms with Crippen molar-refractivity contribution < 1.29 is 4.79 Å². The summed E-state index contributed by atoms with van der Waals surface area (Å²) in [6, 6.07) is 1.89. The first-order valence-electron chi connectivity index (χ1n) is 7.09. The Morgan fingerprint density at radius 1 is 1.30 bits per heavy atom. The molecule has 6 heteroatoms. The highest BCUT2D eigenvalue weighted by Gasteiger charge is 2.07. The largest absolute Gasteiger partial charge is 0.390 e. The van der Waals surface area contributed by atoms with Crippen molar-refractivity contribution in [1.82, 2.24) is 15.5 Å². The summed E-state index contributed by atoms with van der Waals surface area (Å²) < 4.78 is 0. The van der Waals surface area contributed by atoms with Gasteiger partial charge in [-0.15, -0.1) is 11.6 Å². The fourth-order valence-electron chi connectivity index (χ4n) is 1.63. The molecular weight excluding hydrogens is 276 g/mol. The summed E-state index contributed by atoms with van der Waals surface area (Å²) in [5.74, 6) is 0.143. The standard InChI is InChI=1S/C14H25ClN4O/c1-3-19(4-2)10-6-8-17-12-13(11-16)14(20)18-9-5-7-15/h12,17H,3-10H2,1-2H3,(H,18,20)/b13-12-. The lowest BCUT2D eigenvalue weighted by Crippen LogP contribution is -2.28. The smallest absolute Gasteiger partial charge is 0.263 e. The van der Waals surface area contributed by atoms with E-state index < -0.39 is 0 Å². The van der Waals surface area contributed by atoms with Crippen molar-refractivity contribution in [2.24, 2.45) is 0 Å². The second kappa shape index (κ2) is 12.8. The molecular formula is C14H25ClN4O. The fraction of sp³-hybridized carbons (Fsp3) is 0.714. The van der Waals surface area contributed by atoms with Crippen LogP contribution in [0.3, 0.4) is 0 Å². The Morgan fingerprint density at radius 2 is 2.00 bits per heavy atom. The number of alkyl halides is 1. The van der Waals surface area contributed by atoms with Gasteiger partial charge in [0.15, 0.2) is 0 Å². The summed E-state index contributed by atoms with van der Waals surface area (Å²) in [5.41, 5.74) is 0.0995. The van der Waals surface area contributed by atoms with E-state index in [0.717, 1.165) is 32.6 Å². The first kappa shape index (κ1) is 18.8. The van der Waals surface area contributed by atoms with E-state index in [4.69, 9.17) is 16.9 Å². The number of hydrogen-bond donors (Lipinski definition) is 2. The minimum Gasteiger partial charge on any atom is -0.390 e. The molecule has 2 N–H and O–H groups in total. The molecule has 0 aromatic carbocycles. The Balaban J connectivity index is 3.95. The monoisotopic (exact) mass is 300 g/mol. The minimum absolute atomic E-state index is 0.0995. The van der Waals surface area contributed by atoms with Crippen LogP contribution in [0.4, 0.5) is 0 Å². The van der Waals surface area contributed by atoms with Crippen molar-refractivity contribution in [3.63, 3.8) is 0 Å². The maximum Gasteiger partial charge on any atom is 0.263 e. The summed E-state index contributed by atoms with van der Waals surface area (Å²) in [7, 11) is 0. The van der Waals surface area contributed by atoms with E-state index in [0.29, 0.717) is 18.8 Å². The molecule has 20 heavy (non-hydrogen) atoms. The van der Waals surface area contributed by atoms with Gasteiger partial charge in [-0.25, -0.2) is 0 Å². The first-order chi connectivity index (χ1) is 9.69. The molecule has 0 heterocycles. The molecule has 0 fully saturated rings. The van der Waals surface area contributed by atoms with Crippen LogP contribution in [0.15, 0.2) is 11.8 Å². The van der Waals surface area contributed by atoms with E-state index in [1.165, 1.54) is 6.20 Å². The Hall–Kier alpha value is -1.25. The molecule has 0 saturated heterocycles. The predicted octanol–water partition coefficient (Wildman–Crippen LogP) is 1.46. The number of halogens is 1. The SMILES string of the molecule is CCN(CC)CCCN/C=C(/C#N)C(=O)NCCCCl. The van der Waals surface area contributed by atoms with Gasteiger partial charge in [-0.1, -0.05) is 13.8 Å². The van der Waals surface area contributed by atoms with Crippen LogP contribution >= 0.6 is 11.6 Å². The van der Waals surface area contributed by atoms with Gasteiger partial charge in [0.2, 0.25) is 0 Å². The van der Waals surface area contributed by atoms with Crippen LogP contribution in [0, 0.1) is 11.3 Å². The highest BCUT2D eigenvalue weighted by atomic mass is 35.5. The molecule has 0 aliphatic carbocycles. The topological polar surface area (TPSA) is 68.2 Å². The molecule has 0 bridgehead atoms. The van der Waals surface area contributed by atoms with Gasteiger partial charge >= 0.3 is 0 Å². The average molecular weight is 301 g/mol. The molecule has 0 aliphatic rings. The van der Waals surface area contributed by atoms with E-state index in [1.807, 2.05) is 6.07 Å². The predicted molar refractivity (Wildman–Crippen MR) is 82.5 cm³/mol. The zero-order chi connectivity index (χ0) is 15.2. The lowest BCUT2D eigenvalue weighted by atomic mass is 10.3. The maximum absolute atomic E-state index is 11.6. The molecule has 0 saturated carbocycles. The van der Waals surface area contributed by atoms with Gasteiger partial charge in [-0.3, -0.25) is 4.79 Å². The average Bonchev–Trinajstić information content (AvgIpc) is 2.47. The second-order valence-electron chi connectivity index (χ2n) is 4.30. The number of amides is 1. The molecule has 0 radical (unpaired) electrons. The molecule has 0 atom stereocenters. The Kier molecular flexibility index (Phi) is 12.0. The molecule has 5 nitrogen and oxygen atoms in total. The van der Waals surface area contributed by atoms with Gasteiger partial charge in [-0.2, -0.15) is 5.26 Å². The summed E-state index contributed by atoms with van der Waals surface area (Å²) in [6.07, 6.45) is 3.16. The Labute approximate surface area is 127 Å². The van der Waals surface area contributed by atoms with Crippen LogP contribution < -0.4 is 10.6 Å². The third-order valence-electron chi connectivity index (χ3n) is 2.90. The second-order valence-corrected chi connectivity index (χ2v) is 4.68. The number of hydrogen-bond acceptors (Lipinski definition) is 4. The van der Waals surface area contributed by atoms with E-state index >= 15 is 0 Å².